The molecule has 2 saturated heterocycles. The molecule has 0 aliphatic carbocycles. The molecule has 0 radical (unpaired) electrons. The van der Waals surface area contributed by atoms with Crippen LogP contribution in [0.2, 0.25) is 0 Å². The van der Waals surface area contributed by atoms with Gasteiger partial charge in [-0.15, -0.1) is 0 Å². The first-order valence-corrected chi connectivity index (χ1v) is 11.6. The molecule has 2 N–H and O–H groups in total. The zero-order valence-electron chi connectivity index (χ0n) is 16.1. The van der Waals surface area contributed by atoms with E-state index in [1.54, 1.807) is 0 Å². The van der Waals surface area contributed by atoms with Crippen LogP contribution >= 0.6 is 0 Å². The van der Waals surface area contributed by atoms with Crippen molar-refractivity contribution in [3.05, 3.63) is 35.9 Å². The van der Waals surface area contributed by atoms with E-state index in [9.17, 15) is 13.2 Å². The lowest BCUT2D eigenvalue weighted by Gasteiger charge is -2.27. The quantitative estimate of drug-likeness (QED) is 0.765. The highest BCUT2D eigenvalue weighted by Crippen LogP contribution is 2.34. The van der Waals surface area contributed by atoms with E-state index in [-0.39, 0.29) is 23.5 Å². The van der Waals surface area contributed by atoms with Crippen LogP contribution in [-0.2, 0) is 14.8 Å². The van der Waals surface area contributed by atoms with Crippen molar-refractivity contribution >= 4 is 15.9 Å². The number of hydrogen-bond acceptors (Lipinski definition) is 4. The predicted molar refractivity (Wildman–Crippen MR) is 107 cm³/mol. The Labute approximate surface area is 162 Å². The van der Waals surface area contributed by atoms with Crippen molar-refractivity contribution < 1.29 is 13.2 Å². The normalized spacial score (nSPS) is 26.6. The van der Waals surface area contributed by atoms with Gasteiger partial charge in [-0.3, -0.25) is 4.79 Å². The number of carbonyl (C=O) groups excluding carboxylic acids is 1. The summed E-state index contributed by atoms with van der Waals surface area (Å²) in [6.45, 7) is 4.17. The van der Waals surface area contributed by atoms with E-state index in [1.807, 2.05) is 30.0 Å². The van der Waals surface area contributed by atoms with E-state index in [1.165, 1.54) is 9.87 Å². The number of nitrogens with two attached hydrogens (primary N) is 1. The van der Waals surface area contributed by atoms with Gasteiger partial charge in [0.05, 0.1) is 5.75 Å². The molecule has 2 aliphatic rings. The minimum absolute atomic E-state index is 0.0514. The van der Waals surface area contributed by atoms with Crippen molar-refractivity contribution in [1.29, 1.82) is 0 Å². The summed E-state index contributed by atoms with van der Waals surface area (Å²) in [5.74, 6) is 0.504. The van der Waals surface area contributed by atoms with E-state index < -0.39 is 16.1 Å². The maximum absolute atomic E-state index is 13.2. The van der Waals surface area contributed by atoms with Crippen molar-refractivity contribution in [2.24, 2.45) is 11.7 Å². The molecule has 0 aromatic heterocycles. The second-order valence-electron chi connectivity index (χ2n) is 7.69. The Kier molecular flexibility index (Phi) is 6.55. The third kappa shape index (κ3) is 4.36. The largest absolute Gasteiger partial charge is 0.340 e. The molecule has 1 aromatic rings. The van der Waals surface area contributed by atoms with Crippen LogP contribution in [0.1, 0.15) is 44.1 Å². The molecule has 1 aromatic carbocycles. The Balaban J connectivity index is 1.73. The van der Waals surface area contributed by atoms with E-state index in [4.69, 9.17) is 5.73 Å². The van der Waals surface area contributed by atoms with Crippen LogP contribution in [0.15, 0.2) is 30.3 Å². The lowest BCUT2D eigenvalue weighted by atomic mass is 9.89. The average Bonchev–Trinajstić information content (AvgIpc) is 3.34. The first kappa shape index (κ1) is 20.3. The van der Waals surface area contributed by atoms with Gasteiger partial charge in [-0.1, -0.05) is 43.7 Å². The van der Waals surface area contributed by atoms with E-state index >= 15 is 0 Å². The molecule has 3 atom stereocenters. The molecule has 0 saturated carbocycles. The summed E-state index contributed by atoms with van der Waals surface area (Å²) in [5, 5.41) is 0. The number of nitrogens with zero attached hydrogens (tertiary/aromatic N) is 2. The second kappa shape index (κ2) is 8.71. The van der Waals surface area contributed by atoms with Crippen LogP contribution in [-0.4, -0.2) is 61.5 Å². The van der Waals surface area contributed by atoms with Crippen molar-refractivity contribution in [2.45, 2.75) is 44.6 Å². The minimum atomic E-state index is -3.37. The van der Waals surface area contributed by atoms with Crippen molar-refractivity contribution in [3.8, 4) is 0 Å². The maximum Gasteiger partial charge on any atom is 0.241 e. The third-order valence-corrected chi connectivity index (χ3v) is 7.84. The number of sulfonamides is 1. The number of rotatable bonds is 7. The standard InChI is InChI=1S/C20H31N3O3S/c1-2-3-12-27(25,26)23-11-7-10-19(23)20(24)22-14-17(13-21)18(15-22)16-8-5-4-6-9-16/h4-6,8-9,17-19H,2-3,7,10-15,21H2,1H3/t17-,18+,19?/m1/s1. The zero-order chi connectivity index (χ0) is 19.4. The third-order valence-electron chi connectivity index (χ3n) is 5.89. The number of amides is 1. The zero-order valence-corrected chi connectivity index (χ0v) is 16.9. The van der Waals surface area contributed by atoms with Gasteiger partial charge in [0.1, 0.15) is 6.04 Å². The van der Waals surface area contributed by atoms with Crippen LogP contribution in [0.3, 0.4) is 0 Å². The number of hydrogen-bond donors (Lipinski definition) is 1. The molecule has 150 valence electrons. The fraction of sp³-hybridized carbons (Fsp3) is 0.650. The van der Waals surface area contributed by atoms with Crippen LogP contribution < -0.4 is 5.73 Å². The Morgan fingerprint density at radius 1 is 1.22 bits per heavy atom. The van der Waals surface area contributed by atoms with Gasteiger partial charge in [-0.2, -0.15) is 4.31 Å². The molecule has 7 heteroatoms. The molecule has 1 unspecified atom stereocenters. The topological polar surface area (TPSA) is 83.7 Å². The highest BCUT2D eigenvalue weighted by atomic mass is 32.2. The summed E-state index contributed by atoms with van der Waals surface area (Å²) < 4.78 is 26.8. The highest BCUT2D eigenvalue weighted by molar-refractivity contribution is 7.89. The average molecular weight is 394 g/mol. The summed E-state index contributed by atoms with van der Waals surface area (Å²) in [5.41, 5.74) is 7.18. The Morgan fingerprint density at radius 2 is 1.96 bits per heavy atom. The fourth-order valence-electron chi connectivity index (χ4n) is 4.34. The monoisotopic (exact) mass is 393 g/mol. The fourth-order valence-corrected chi connectivity index (χ4v) is 6.22. The molecule has 2 aliphatic heterocycles. The summed E-state index contributed by atoms with van der Waals surface area (Å²) in [4.78, 5) is 15.0. The predicted octanol–water partition coefficient (Wildman–Crippen LogP) is 1.78. The van der Waals surface area contributed by atoms with Gasteiger partial charge in [0.2, 0.25) is 15.9 Å². The number of unbranched alkanes of at least 4 members (excludes halogenated alkanes) is 1. The molecule has 2 heterocycles. The smallest absolute Gasteiger partial charge is 0.241 e. The van der Waals surface area contributed by atoms with Gasteiger partial charge >= 0.3 is 0 Å². The number of likely N-dealkylation sites (tertiary alicyclic amines) is 1. The van der Waals surface area contributed by atoms with E-state index in [0.29, 0.717) is 39.0 Å². The molecule has 1 amide bonds. The van der Waals surface area contributed by atoms with Gasteiger partial charge < -0.3 is 10.6 Å². The Bertz CT molecular complexity index is 738. The molecule has 27 heavy (non-hydrogen) atoms. The first-order valence-electron chi connectivity index (χ1n) is 10.0. The van der Waals surface area contributed by atoms with Gasteiger partial charge in [-0.25, -0.2) is 8.42 Å². The molecular weight excluding hydrogens is 362 g/mol. The Morgan fingerprint density at radius 3 is 2.63 bits per heavy atom. The lowest BCUT2D eigenvalue weighted by molar-refractivity contribution is -0.133. The summed E-state index contributed by atoms with van der Waals surface area (Å²) in [6.07, 6.45) is 2.82. The van der Waals surface area contributed by atoms with Crippen LogP contribution in [0.4, 0.5) is 0 Å². The molecule has 2 fully saturated rings. The first-order chi connectivity index (χ1) is 13.0. The molecule has 6 nitrogen and oxygen atoms in total. The molecule has 3 rings (SSSR count). The highest BCUT2D eigenvalue weighted by Gasteiger charge is 2.43. The minimum Gasteiger partial charge on any atom is -0.340 e. The lowest BCUT2D eigenvalue weighted by Crippen LogP contribution is -2.47. The van der Waals surface area contributed by atoms with Gasteiger partial charge in [0.15, 0.2) is 0 Å². The SMILES string of the molecule is CCCCS(=O)(=O)N1CCCC1C(=O)N1C[C@@H](CN)[C@H](c2ccccc2)C1. The van der Waals surface area contributed by atoms with Crippen molar-refractivity contribution in [3.63, 3.8) is 0 Å². The van der Waals surface area contributed by atoms with E-state index in [2.05, 4.69) is 12.1 Å². The maximum atomic E-state index is 13.2. The van der Waals surface area contributed by atoms with Gasteiger partial charge in [-0.05, 0) is 37.3 Å². The summed E-state index contributed by atoms with van der Waals surface area (Å²) in [6, 6.07) is 9.62. The second-order valence-corrected chi connectivity index (χ2v) is 9.74. The van der Waals surface area contributed by atoms with Crippen molar-refractivity contribution in [2.75, 3.05) is 31.9 Å². The molecule has 0 spiro atoms. The van der Waals surface area contributed by atoms with Crippen LogP contribution in [0, 0.1) is 5.92 Å². The molecular formula is C20H31N3O3S. The summed E-state index contributed by atoms with van der Waals surface area (Å²) >= 11 is 0. The van der Waals surface area contributed by atoms with Crippen molar-refractivity contribution in [1.82, 2.24) is 9.21 Å². The number of benzene rings is 1. The summed E-state index contributed by atoms with van der Waals surface area (Å²) in [7, 11) is -3.37. The molecule has 0 bridgehead atoms. The van der Waals surface area contributed by atoms with Crippen LogP contribution in [0.25, 0.3) is 0 Å². The van der Waals surface area contributed by atoms with Crippen LogP contribution in [0.5, 0.6) is 0 Å². The number of carbonyl (C=O) groups is 1. The van der Waals surface area contributed by atoms with E-state index in [0.717, 1.165) is 12.8 Å². The van der Waals surface area contributed by atoms with Gasteiger partial charge in [0, 0.05) is 25.6 Å². The Hall–Kier alpha value is -1.44. The van der Waals surface area contributed by atoms with Gasteiger partial charge in [0.25, 0.3) is 0 Å².